The van der Waals surface area contributed by atoms with E-state index in [1.54, 1.807) is 18.2 Å². The van der Waals surface area contributed by atoms with Crippen LogP contribution in [-0.2, 0) is 17.1 Å². The normalized spacial score (nSPS) is 14.3. The number of hydrogen-bond donors (Lipinski definition) is 1. The molecule has 0 unspecified atom stereocenters. The van der Waals surface area contributed by atoms with Gasteiger partial charge in [-0.25, -0.2) is 4.39 Å². The number of para-hydroxylation sites is 1. The molecule has 9 heteroatoms. The number of halogens is 1. The number of aryl methyl sites for hydroxylation is 1. The van der Waals surface area contributed by atoms with Crippen molar-refractivity contribution in [2.75, 3.05) is 0 Å². The van der Waals surface area contributed by atoms with Crippen LogP contribution in [0.5, 0.6) is 0 Å². The van der Waals surface area contributed by atoms with Gasteiger partial charge in [-0.2, -0.15) is 0 Å². The Morgan fingerprint density at radius 2 is 1.85 bits per heavy atom. The summed E-state index contributed by atoms with van der Waals surface area (Å²) in [6.45, 7) is 0.229. The summed E-state index contributed by atoms with van der Waals surface area (Å²) >= 11 is 1.46. The number of amides is 1. The third-order valence-electron chi connectivity index (χ3n) is 6.04. The van der Waals surface area contributed by atoms with Crippen LogP contribution >= 0.6 is 11.8 Å². The van der Waals surface area contributed by atoms with E-state index in [9.17, 15) is 14.0 Å². The van der Waals surface area contributed by atoms with Crippen molar-refractivity contribution in [2.45, 2.75) is 55.6 Å². The van der Waals surface area contributed by atoms with Gasteiger partial charge in [-0.3, -0.25) is 18.6 Å². The predicted molar refractivity (Wildman–Crippen MR) is 126 cm³/mol. The first-order valence-corrected chi connectivity index (χ1v) is 12.1. The molecule has 0 atom stereocenters. The second-order valence-corrected chi connectivity index (χ2v) is 9.25. The van der Waals surface area contributed by atoms with Crippen LogP contribution < -0.4 is 10.9 Å². The smallest absolute Gasteiger partial charge is 0.262 e. The first-order valence-electron chi connectivity index (χ1n) is 11.1. The quantitative estimate of drug-likeness (QED) is 0.419. The molecule has 1 saturated carbocycles. The lowest BCUT2D eigenvalue weighted by Gasteiger charge is -2.13. The highest BCUT2D eigenvalue weighted by Gasteiger charge is 2.20. The molecular formula is C24H24FN5O2S. The molecule has 33 heavy (non-hydrogen) atoms. The van der Waals surface area contributed by atoms with Crippen LogP contribution in [0.1, 0.15) is 37.7 Å². The Balaban J connectivity index is 1.45. The predicted octanol–water partition coefficient (Wildman–Crippen LogP) is 3.92. The van der Waals surface area contributed by atoms with Crippen molar-refractivity contribution in [2.24, 2.45) is 0 Å². The van der Waals surface area contributed by atoms with Crippen LogP contribution in [-0.4, -0.2) is 31.1 Å². The summed E-state index contributed by atoms with van der Waals surface area (Å²) < 4.78 is 16.6. The average molecular weight is 466 g/mol. The number of nitrogens with zero attached hydrogens (tertiary/aromatic N) is 4. The van der Waals surface area contributed by atoms with Gasteiger partial charge in [0.25, 0.3) is 5.56 Å². The van der Waals surface area contributed by atoms with E-state index in [2.05, 4.69) is 15.5 Å². The van der Waals surface area contributed by atoms with Crippen LogP contribution in [0.25, 0.3) is 16.7 Å². The lowest BCUT2D eigenvalue weighted by atomic mass is 10.2. The highest BCUT2D eigenvalue weighted by molar-refractivity contribution is 7.98. The van der Waals surface area contributed by atoms with Gasteiger partial charge >= 0.3 is 0 Å². The number of nitrogens with one attached hydrogen (secondary N) is 1. The number of carbonyl (C=O) groups excluding carboxylic acids is 1. The molecule has 2 aromatic heterocycles. The van der Waals surface area contributed by atoms with Crippen LogP contribution in [0.2, 0.25) is 0 Å². The summed E-state index contributed by atoms with van der Waals surface area (Å²) in [6.07, 6.45) is 4.53. The van der Waals surface area contributed by atoms with E-state index in [-0.39, 0.29) is 36.3 Å². The van der Waals surface area contributed by atoms with E-state index in [1.165, 1.54) is 28.5 Å². The number of hydrogen-bond acceptors (Lipinski definition) is 5. The molecule has 1 aliphatic rings. The molecule has 0 spiro atoms. The van der Waals surface area contributed by atoms with Crippen molar-refractivity contribution in [3.8, 4) is 0 Å². The van der Waals surface area contributed by atoms with Crippen LogP contribution in [0, 0.1) is 5.82 Å². The molecule has 0 bridgehead atoms. The molecule has 0 aliphatic heterocycles. The standard InChI is InChI=1S/C24H24FN5O2S/c25-17-11-9-16(10-12-17)15-33-24-28-27-23-29(14-13-21(31)26-18-5-1-2-6-18)22(32)19-7-3-4-8-20(19)30(23)24/h3-4,7-12,18H,1-2,5-6,13-15H2,(H,26,31). The maximum atomic E-state index is 13.2. The molecule has 1 fully saturated rings. The molecule has 1 aliphatic carbocycles. The lowest BCUT2D eigenvalue weighted by Crippen LogP contribution is -2.34. The van der Waals surface area contributed by atoms with E-state index in [4.69, 9.17) is 0 Å². The van der Waals surface area contributed by atoms with Crippen molar-refractivity contribution in [1.82, 2.24) is 24.5 Å². The minimum Gasteiger partial charge on any atom is -0.353 e. The Kier molecular flexibility index (Phi) is 6.13. The highest BCUT2D eigenvalue weighted by Crippen LogP contribution is 2.25. The summed E-state index contributed by atoms with van der Waals surface area (Å²) in [5.74, 6) is 0.668. The number of benzene rings is 2. The molecule has 1 amide bonds. The zero-order valence-electron chi connectivity index (χ0n) is 18.0. The van der Waals surface area contributed by atoms with Crippen LogP contribution in [0.3, 0.4) is 0 Å². The fourth-order valence-corrected chi connectivity index (χ4v) is 5.24. The third-order valence-corrected chi connectivity index (χ3v) is 7.04. The van der Waals surface area contributed by atoms with Crippen LogP contribution in [0.4, 0.5) is 4.39 Å². The summed E-state index contributed by atoms with van der Waals surface area (Å²) in [6, 6.07) is 13.9. The van der Waals surface area contributed by atoms with E-state index in [0.717, 1.165) is 36.8 Å². The topological polar surface area (TPSA) is 81.3 Å². The third kappa shape index (κ3) is 4.50. The SMILES string of the molecule is O=C(CCn1c(=O)c2ccccc2n2c(SCc3ccc(F)cc3)nnc12)NC1CCCC1. The van der Waals surface area contributed by atoms with E-state index >= 15 is 0 Å². The van der Waals surface area contributed by atoms with Crippen molar-refractivity contribution in [3.63, 3.8) is 0 Å². The summed E-state index contributed by atoms with van der Waals surface area (Å²) in [5.41, 5.74) is 1.49. The van der Waals surface area contributed by atoms with E-state index in [1.807, 2.05) is 22.6 Å². The molecule has 7 nitrogen and oxygen atoms in total. The first-order chi connectivity index (χ1) is 16.1. The highest BCUT2D eigenvalue weighted by atomic mass is 32.2. The number of aromatic nitrogens is 4. The van der Waals surface area contributed by atoms with Gasteiger partial charge in [0.1, 0.15) is 5.82 Å². The van der Waals surface area contributed by atoms with Gasteiger partial charge in [0.15, 0.2) is 5.16 Å². The number of rotatable bonds is 7. The van der Waals surface area contributed by atoms with Gasteiger partial charge < -0.3 is 5.32 Å². The molecule has 4 aromatic rings. The van der Waals surface area contributed by atoms with E-state index < -0.39 is 0 Å². The van der Waals surface area contributed by atoms with Gasteiger partial charge in [-0.15, -0.1) is 10.2 Å². The van der Waals surface area contributed by atoms with Gasteiger partial charge in [0.05, 0.1) is 10.9 Å². The summed E-state index contributed by atoms with van der Waals surface area (Å²) in [4.78, 5) is 25.7. The number of thioether (sulfide) groups is 1. The Bertz CT molecular complexity index is 1360. The molecule has 2 aromatic carbocycles. The molecular weight excluding hydrogens is 441 g/mol. The average Bonchev–Trinajstić information content (AvgIpc) is 3.49. The van der Waals surface area contributed by atoms with Crippen molar-refractivity contribution in [3.05, 3.63) is 70.3 Å². The van der Waals surface area contributed by atoms with E-state index in [0.29, 0.717) is 22.1 Å². The fraction of sp³-hybridized carbons (Fsp3) is 0.333. The maximum absolute atomic E-state index is 13.2. The molecule has 2 heterocycles. The Morgan fingerprint density at radius 1 is 1.09 bits per heavy atom. The second-order valence-electron chi connectivity index (χ2n) is 8.31. The summed E-state index contributed by atoms with van der Waals surface area (Å²) in [5, 5.41) is 12.9. The maximum Gasteiger partial charge on any atom is 0.262 e. The lowest BCUT2D eigenvalue weighted by molar-refractivity contribution is -0.122. The zero-order chi connectivity index (χ0) is 22.8. The van der Waals surface area contributed by atoms with Crippen LogP contribution in [0.15, 0.2) is 58.5 Å². The van der Waals surface area contributed by atoms with Gasteiger partial charge in [-0.05, 0) is 42.7 Å². The second kappa shape index (κ2) is 9.35. The van der Waals surface area contributed by atoms with Gasteiger partial charge in [-0.1, -0.05) is 48.9 Å². The number of carbonyl (C=O) groups is 1. The van der Waals surface area contributed by atoms with Gasteiger partial charge in [0.2, 0.25) is 11.7 Å². The van der Waals surface area contributed by atoms with Crippen molar-refractivity contribution >= 4 is 34.3 Å². The summed E-state index contributed by atoms with van der Waals surface area (Å²) in [7, 11) is 0. The van der Waals surface area contributed by atoms with Crippen molar-refractivity contribution < 1.29 is 9.18 Å². The molecule has 5 rings (SSSR count). The van der Waals surface area contributed by atoms with Crippen molar-refractivity contribution in [1.29, 1.82) is 0 Å². The largest absolute Gasteiger partial charge is 0.353 e. The Labute approximate surface area is 194 Å². The first kappa shape index (κ1) is 21.6. The molecule has 0 radical (unpaired) electrons. The Morgan fingerprint density at radius 3 is 2.64 bits per heavy atom. The zero-order valence-corrected chi connectivity index (χ0v) is 18.9. The Hall–Kier alpha value is -3.20. The molecule has 170 valence electrons. The molecule has 1 N–H and O–H groups in total. The number of fused-ring (bicyclic) bond motifs is 3. The monoisotopic (exact) mass is 465 g/mol. The van der Waals surface area contributed by atoms with Gasteiger partial charge in [0, 0.05) is 24.8 Å². The minimum absolute atomic E-state index is 0.0504. The minimum atomic E-state index is -0.274. The molecule has 0 saturated heterocycles. The fourth-order valence-electron chi connectivity index (χ4n) is 4.34.